The second-order valence-electron chi connectivity index (χ2n) is 14.9. The Balaban J connectivity index is 0.965. The van der Waals surface area contributed by atoms with Crippen LogP contribution in [0.25, 0.3) is 120 Å². The lowest BCUT2D eigenvalue weighted by Crippen LogP contribution is -2.00. The molecular formula is C52H30N2. The average Bonchev–Trinajstić information content (AvgIpc) is 3.76. The molecular weight excluding hydrogens is 653 g/mol. The third-order valence-electron chi connectivity index (χ3n) is 12.1. The molecule has 0 unspecified atom stereocenters. The molecule has 0 saturated heterocycles. The van der Waals surface area contributed by atoms with Gasteiger partial charge in [-0.05, 0) is 138 Å². The van der Waals surface area contributed by atoms with Gasteiger partial charge < -0.3 is 9.13 Å². The van der Waals surface area contributed by atoms with Crippen molar-refractivity contribution in [2.24, 2.45) is 0 Å². The van der Waals surface area contributed by atoms with E-state index in [9.17, 15) is 0 Å². The quantitative estimate of drug-likeness (QED) is 0.172. The van der Waals surface area contributed by atoms with Crippen LogP contribution in [0.4, 0.5) is 0 Å². The van der Waals surface area contributed by atoms with Gasteiger partial charge in [0.2, 0.25) is 0 Å². The fourth-order valence-electron chi connectivity index (χ4n) is 9.71. The Labute approximate surface area is 310 Å². The van der Waals surface area contributed by atoms with Crippen LogP contribution in [0.3, 0.4) is 0 Å². The largest absolute Gasteiger partial charge is 0.309 e. The molecule has 12 aromatic rings. The molecule has 0 amide bonds. The molecule has 248 valence electrons. The Kier molecular flexibility index (Phi) is 5.39. The summed E-state index contributed by atoms with van der Waals surface area (Å²) in [6.07, 6.45) is 0. The van der Waals surface area contributed by atoms with Crippen LogP contribution < -0.4 is 0 Å². The minimum Gasteiger partial charge on any atom is -0.309 e. The Morgan fingerprint density at radius 3 is 1.07 bits per heavy atom. The zero-order valence-corrected chi connectivity index (χ0v) is 29.2. The van der Waals surface area contributed by atoms with Crippen molar-refractivity contribution in [1.29, 1.82) is 0 Å². The summed E-state index contributed by atoms with van der Waals surface area (Å²) in [6, 6.07) is 67.7. The van der Waals surface area contributed by atoms with Crippen molar-refractivity contribution in [2.45, 2.75) is 0 Å². The smallest absolute Gasteiger partial charge is 0.0547 e. The maximum atomic E-state index is 2.44. The first-order chi connectivity index (χ1) is 26.8. The number of aromatic nitrogens is 2. The van der Waals surface area contributed by atoms with Crippen LogP contribution in [-0.2, 0) is 0 Å². The number of rotatable bonds is 2. The molecule has 2 aromatic heterocycles. The first-order valence-corrected chi connectivity index (χ1v) is 18.8. The molecule has 0 N–H and O–H groups in total. The molecule has 10 aromatic carbocycles. The van der Waals surface area contributed by atoms with Gasteiger partial charge in [0.05, 0.1) is 22.1 Å². The summed E-state index contributed by atoms with van der Waals surface area (Å²) in [6.45, 7) is 0. The Bertz CT molecular complexity index is 3370. The molecule has 0 aliphatic heterocycles. The van der Waals surface area contributed by atoms with Crippen LogP contribution in [0, 0.1) is 0 Å². The second kappa shape index (κ2) is 10.2. The van der Waals surface area contributed by atoms with Gasteiger partial charge in [-0.2, -0.15) is 0 Å². The molecule has 1 aliphatic rings. The van der Waals surface area contributed by atoms with Crippen LogP contribution >= 0.6 is 0 Å². The summed E-state index contributed by atoms with van der Waals surface area (Å²) >= 11 is 0. The van der Waals surface area contributed by atoms with E-state index in [-0.39, 0.29) is 0 Å². The monoisotopic (exact) mass is 682 g/mol. The highest BCUT2D eigenvalue weighted by molar-refractivity contribution is 6.23. The highest BCUT2D eigenvalue weighted by Gasteiger charge is 2.25. The number of hydrogen-bond acceptors (Lipinski definition) is 0. The minimum atomic E-state index is 1.19. The van der Waals surface area contributed by atoms with E-state index >= 15 is 0 Å². The van der Waals surface area contributed by atoms with Crippen molar-refractivity contribution in [3.05, 3.63) is 182 Å². The maximum absolute atomic E-state index is 2.44. The van der Waals surface area contributed by atoms with E-state index in [4.69, 9.17) is 0 Å². The van der Waals surface area contributed by atoms with E-state index in [1.165, 1.54) is 120 Å². The third-order valence-corrected chi connectivity index (χ3v) is 12.1. The maximum Gasteiger partial charge on any atom is 0.0547 e. The van der Waals surface area contributed by atoms with Gasteiger partial charge in [0.25, 0.3) is 0 Å². The molecule has 0 atom stereocenters. The van der Waals surface area contributed by atoms with Crippen molar-refractivity contribution in [3.63, 3.8) is 0 Å². The fraction of sp³-hybridized carbons (Fsp3) is 0. The standard InChI is InChI=1S/C52H30N2/c1-3-11-39-31(9-1)19-23-49-51(39)41-13-5-7-15-47(41)53(49)37-21-17-33-27-43-44-28-34-18-22-38(26-36(34)30-46(44)45(43)29-35(33)25-37)54-48-16-8-6-14-42(48)52-40-12-4-2-10-32(40)20-24-50(52)54/h1-30H. The molecule has 13 rings (SSSR count). The molecule has 0 bridgehead atoms. The zero-order chi connectivity index (χ0) is 35.1. The number of benzene rings is 10. The Morgan fingerprint density at radius 1 is 0.241 bits per heavy atom. The normalized spacial score (nSPS) is 12.4. The lowest BCUT2D eigenvalue weighted by molar-refractivity contribution is 1.19. The van der Waals surface area contributed by atoms with E-state index in [0.29, 0.717) is 0 Å². The van der Waals surface area contributed by atoms with Crippen molar-refractivity contribution in [2.75, 3.05) is 0 Å². The van der Waals surface area contributed by atoms with E-state index in [1.807, 2.05) is 0 Å². The SMILES string of the molecule is c1ccc2c(c1)ccc1c2c2ccccc2n1-c1ccc2cc3c(cc2c1)-c1cc2cc(-n4c5ccccc5c5c6ccccc6ccc54)ccc2cc1-3. The molecule has 0 fully saturated rings. The van der Waals surface area contributed by atoms with Crippen molar-refractivity contribution in [1.82, 2.24) is 9.13 Å². The summed E-state index contributed by atoms with van der Waals surface area (Å²) in [7, 11) is 0. The van der Waals surface area contributed by atoms with Gasteiger partial charge in [-0.1, -0.05) is 109 Å². The average molecular weight is 683 g/mol. The highest BCUT2D eigenvalue weighted by Crippen LogP contribution is 2.51. The number of para-hydroxylation sites is 2. The van der Waals surface area contributed by atoms with Crippen LogP contribution in [-0.4, -0.2) is 9.13 Å². The molecule has 0 spiro atoms. The van der Waals surface area contributed by atoms with Crippen molar-refractivity contribution >= 4 is 86.7 Å². The zero-order valence-electron chi connectivity index (χ0n) is 29.2. The molecule has 54 heavy (non-hydrogen) atoms. The number of fused-ring (bicyclic) bond motifs is 16. The number of nitrogens with zero attached hydrogens (tertiary/aromatic N) is 2. The summed E-state index contributed by atoms with van der Waals surface area (Å²) in [5, 5.41) is 15.4. The Hall–Kier alpha value is -7.16. The van der Waals surface area contributed by atoms with Gasteiger partial charge >= 0.3 is 0 Å². The van der Waals surface area contributed by atoms with Gasteiger partial charge in [-0.15, -0.1) is 0 Å². The predicted octanol–water partition coefficient (Wildman–Crippen LogP) is 14.1. The minimum absolute atomic E-state index is 1.19. The van der Waals surface area contributed by atoms with Crippen molar-refractivity contribution < 1.29 is 0 Å². The number of hydrogen-bond donors (Lipinski definition) is 0. The van der Waals surface area contributed by atoms with Crippen LogP contribution in [0.5, 0.6) is 0 Å². The molecule has 2 nitrogen and oxygen atoms in total. The van der Waals surface area contributed by atoms with Crippen LogP contribution in [0.2, 0.25) is 0 Å². The second-order valence-corrected chi connectivity index (χ2v) is 14.9. The topological polar surface area (TPSA) is 9.86 Å². The van der Waals surface area contributed by atoms with Gasteiger partial charge in [-0.25, -0.2) is 0 Å². The lowest BCUT2D eigenvalue weighted by atomic mass is 9.78. The van der Waals surface area contributed by atoms with Crippen LogP contribution in [0.15, 0.2) is 182 Å². The Morgan fingerprint density at radius 2 is 0.611 bits per heavy atom. The van der Waals surface area contributed by atoms with Crippen molar-refractivity contribution in [3.8, 4) is 33.6 Å². The first-order valence-electron chi connectivity index (χ1n) is 18.8. The van der Waals surface area contributed by atoms with Gasteiger partial charge in [0.1, 0.15) is 0 Å². The predicted molar refractivity (Wildman–Crippen MR) is 230 cm³/mol. The first kappa shape index (κ1) is 28.4. The van der Waals surface area contributed by atoms with Crippen LogP contribution in [0.1, 0.15) is 0 Å². The van der Waals surface area contributed by atoms with E-state index in [2.05, 4.69) is 191 Å². The summed E-state index contributed by atoms with van der Waals surface area (Å²) < 4.78 is 4.88. The molecule has 2 heteroatoms. The van der Waals surface area contributed by atoms with E-state index in [1.54, 1.807) is 0 Å². The van der Waals surface area contributed by atoms with Gasteiger partial charge in [-0.3, -0.25) is 0 Å². The highest BCUT2D eigenvalue weighted by atomic mass is 15.0. The molecule has 2 heterocycles. The summed E-state index contributed by atoms with van der Waals surface area (Å²) in [5.74, 6) is 0. The fourth-order valence-corrected chi connectivity index (χ4v) is 9.71. The molecule has 0 saturated carbocycles. The summed E-state index contributed by atoms with van der Waals surface area (Å²) in [4.78, 5) is 0. The lowest BCUT2D eigenvalue weighted by Gasteiger charge is -2.26. The molecule has 0 radical (unpaired) electrons. The molecule has 1 aliphatic carbocycles. The third kappa shape index (κ3) is 3.69. The van der Waals surface area contributed by atoms with Gasteiger partial charge in [0.15, 0.2) is 0 Å². The summed E-state index contributed by atoms with van der Waals surface area (Å²) in [5.41, 5.74) is 12.7. The van der Waals surface area contributed by atoms with Gasteiger partial charge in [0, 0.05) is 32.9 Å². The van der Waals surface area contributed by atoms with E-state index < -0.39 is 0 Å². The van der Waals surface area contributed by atoms with E-state index in [0.717, 1.165) is 0 Å².